The zero-order valence-electron chi connectivity index (χ0n) is 18.7. The van der Waals surface area contributed by atoms with Crippen LogP contribution < -0.4 is 4.90 Å². The van der Waals surface area contributed by atoms with Crippen LogP contribution in [-0.4, -0.2) is 65.0 Å². The van der Waals surface area contributed by atoms with Gasteiger partial charge in [0.1, 0.15) is 5.25 Å². The number of amides is 1. The lowest BCUT2D eigenvalue weighted by molar-refractivity contribution is -0.129. The van der Waals surface area contributed by atoms with Gasteiger partial charge in [0, 0.05) is 26.2 Å². The second-order valence-corrected chi connectivity index (χ2v) is 9.47. The predicted octanol–water partition coefficient (Wildman–Crippen LogP) is 3.62. The predicted molar refractivity (Wildman–Crippen MR) is 129 cm³/mol. The Morgan fingerprint density at radius 2 is 1.58 bits per heavy atom. The molecule has 2 aliphatic rings. The van der Waals surface area contributed by atoms with Crippen molar-refractivity contribution in [1.29, 1.82) is 0 Å². The van der Waals surface area contributed by atoms with Crippen molar-refractivity contribution >= 4 is 23.6 Å². The highest BCUT2D eigenvalue weighted by atomic mass is 32.2. The van der Waals surface area contributed by atoms with E-state index < -0.39 is 0 Å². The van der Waals surface area contributed by atoms with Gasteiger partial charge in [0.2, 0.25) is 11.9 Å². The molecule has 0 N–H and O–H groups in total. The second kappa shape index (κ2) is 10.4. The summed E-state index contributed by atoms with van der Waals surface area (Å²) in [6, 6.07) is 20.4. The number of hydrogen-bond donors (Lipinski definition) is 0. The SMILES string of the molecule is O=C(C(Sc1nnc(N2CCOCC2)n1Cc1ccccc1)c1ccccc1)N1CCCC1. The van der Waals surface area contributed by atoms with E-state index in [4.69, 9.17) is 4.74 Å². The third kappa shape index (κ3) is 5.07. The van der Waals surface area contributed by atoms with Crippen molar-refractivity contribution in [2.24, 2.45) is 0 Å². The summed E-state index contributed by atoms with van der Waals surface area (Å²) in [6.07, 6.45) is 2.15. The minimum absolute atomic E-state index is 0.158. The number of ether oxygens (including phenoxy) is 1. The fourth-order valence-corrected chi connectivity index (χ4v) is 5.48. The van der Waals surface area contributed by atoms with Gasteiger partial charge in [-0.3, -0.25) is 9.36 Å². The molecule has 1 unspecified atom stereocenters. The highest BCUT2D eigenvalue weighted by molar-refractivity contribution is 8.00. The van der Waals surface area contributed by atoms with E-state index in [0.29, 0.717) is 19.8 Å². The van der Waals surface area contributed by atoms with Gasteiger partial charge in [0.05, 0.1) is 19.8 Å². The molecule has 2 saturated heterocycles. The van der Waals surface area contributed by atoms with Gasteiger partial charge < -0.3 is 14.5 Å². The van der Waals surface area contributed by atoms with E-state index in [9.17, 15) is 4.79 Å². The molecule has 1 atom stereocenters. The molecule has 3 aromatic rings. The first-order valence-electron chi connectivity index (χ1n) is 11.6. The molecule has 1 aromatic heterocycles. The van der Waals surface area contributed by atoms with Gasteiger partial charge in [0.15, 0.2) is 5.16 Å². The quantitative estimate of drug-likeness (QED) is 0.499. The lowest BCUT2D eigenvalue weighted by Gasteiger charge is -2.28. The topological polar surface area (TPSA) is 63.5 Å². The number of morpholine rings is 1. The number of nitrogens with zero attached hydrogens (tertiary/aromatic N) is 5. The summed E-state index contributed by atoms with van der Waals surface area (Å²) in [5, 5.41) is 9.58. The van der Waals surface area contributed by atoms with Gasteiger partial charge >= 0.3 is 0 Å². The van der Waals surface area contributed by atoms with Crippen molar-refractivity contribution in [3.63, 3.8) is 0 Å². The smallest absolute Gasteiger partial charge is 0.240 e. The minimum Gasteiger partial charge on any atom is -0.378 e. The van der Waals surface area contributed by atoms with E-state index in [1.807, 2.05) is 53.4 Å². The molecule has 0 bridgehead atoms. The maximum atomic E-state index is 13.5. The average molecular weight is 464 g/mol. The Balaban J connectivity index is 1.49. The van der Waals surface area contributed by atoms with E-state index in [0.717, 1.165) is 55.7 Å². The van der Waals surface area contributed by atoms with Gasteiger partial charge in [-0.1, -0.05) is 72.4 Å². The maximum Gasteiger partial charge on any atom is 0.240 e. The molecular weight excluding hydrogens is 434 g/mol. The fourth-order valence-electron chi connectivity index (χ4n) is 4.37. The molecule has 2 fully saturated rings. The lowest BCUT2D eigenvalue weighted by atomic mass is 10.1. The van der Waals surface area contributed by atoms with Crippen LogP contribution in [0.5, 0.6) is 0 Å². The van der Waals surface area contributed by atoms with Crippen molar-refractivity contribution in [3.8, 4) is 0 Å². The number of hydrogen-bond acceptors (Lipinski definition) is 6. The minimum atomic E-state index is -0.347. The van der Waals surface area contributed by atoms with Crippen LogP contribution >= 0.6 is 11.8 Å². The average Bonchev–Trinajstić information content (AvgIpc) is 3.55. The number of thioether (sulfide) groups is 1. The van der Waals surface area contributed by atoms with Gasteiger partial charge in [-0.15, -0.1) is 10.2 Å². The first-order valence-corrected chi connectivity index (χ1v) is 12.5. The van der Waals surface area contributed by atoms with Gasteiger partial charge in [-0.25, -0.2) is 0 Å². The zero-order chi connectivity index (χ0) is 22.5. The highest BCUT2D eigenvalue weighted by Crippen LogP contribution is 2.38. The summed E-state index contributed by atoms with van der Waals surface area (Å²) in [5.41, 5.74) is 2.18. The Morgan fingerprint density at radius 1 is 0.909 bits per heavy atom. The first-order chi connectivity index (χ1) is 16.3. The van der Waals surface area contributed by atoms with Gasteiger partial charge in [-0.2, -0.15) is 0 Å². The molecule has 0 radical (unpaired) electrons. The summed E-state index contributed by atoms with van der Waals surface area (Å²) in [4.78, 5) is 17.8. The Kier molecular flexibility index (Phi) is 6.92. The normalized spacial score (nSPS) is 17.3. The molecule has 1 amide bonds. The monoisotopic (exact) mass is 463 g/mol. The number of rotatable bonds is 7. The van der Waals surface area contributed by atoms with Crippen molar-refractivity contribution in [3.05, 3.63) is 71.8 Å². The third-order valence-electron chi connectivity index (χ3n) is 6.14. The first kappa shape index (κ1) is 22.0. The molecule has 2 aromatic carbocycles. The molecule has 0 spiro atoms. The van der Waals surface area contributed by atoms with Crippen LogP contribution in [0.3, 0.4) is 0 Å². The number of benzene rings is 2. The van der Waals surface area contributed by atoms with Crippen LogP contribution in [0.2, 0.25) is 0 Å². The number of carbonyl (C=O) groups excluding carboxylic acids is 1. The Hall–Kier alpha value is -2.84. The van der Waals surface area contributed by atoms with E-state index in [-0.39, 0.29) is 11.2 Å². The lowest BCUT2D eigenvalue weighted by Crippen LogP contribution is -2.38. The van der Waals surface area contributed by atoms with Crippen molar-refractivity contribution < 1.29 is 9.53 Å². The molecule has 7 nitrogen and oxygen atoms in total. The third-order valence-corrected chi connectivity index (χ3v) is 7.36. The molecule has 0 saturated carbocycles. The number of carbonyl (C=O) groups is 1. The Bertz CT molecular complexity index is 1050. The summed E-state index contributed by atoms with van der Waals surface area (Å²) < 4.78 is 7.69. The molecular formula is C25H29N5O2S. The summed E-state index contributed by atoms with van der Waals surface area (Å²) in [5.74, 6) is 0.996. The van der Waals surface area contributed by atoms with Crippen LogP contribution in [0, 0.1) is 0 Å². The fraction of sp³-hybridized carbons (Fsp3) is 0.400. The van der Waals surface area contributed by atoms with Crippen molar-refractivity contribution in [1.82, 2.24) is 19.7 Å². The Morgan fingerprint density at radius 3 is 2.27 bits per heavy atom. The summed E-state index contributed by atoms with van der Waals surface area (Å²) in [6.45, 7) is 5.25. The Labute approximate surface area is 198 Å². The van der Waals surface area contributed by atoms with Crippen LogP contribution in [0.4, 0.5) is 5.95 Å². The standard InChI is InChI=1S/C25H29N5O2S/c31-23(28-13-7-8-14-28)22(21-11-5-2-6-12-21)33-25-27-26-24(29-15-17-32-18-16-29)30(25)19-20-9-3-1-4-10-20/h1-6,9-12,22H,7-8,13-19H2. The van der Waals surface area contributed by atoms with Crippen molar-refractivity contribution in [2.45, 2.75) is 29.8 Å². The maximum absolute atomic E-state index is 13.5. The molecule has 2 aliphatic heterocycles. The van der Waals surface area contributed by atoms with Gasteiger partial charge in [0.25, 0.3) is 0 Å². The summed E-state index contributed by atoms with van der Waals surface area (Å²) >= 11 is 1.51. The van der Waals surface area contributed by atoms with Crippen LogP contribution in [0.25, 0.3) is 0 Å². The molecule has 33 heavy (non-hydrogen) atoms. The van der Waals surface area contributed by atoms with Crippen LogP contribution in [0.15, 0.2) is 65.8 Å². The zero-order valence-corrected chi connectivity index (χ0v) is 19.5. The number of aromatic nitrogens is 3. The van der Waals surface area contributed by atoms with E-state index in [1.165, 1.54) is 17.3 Å². The molecule has 8 heteroatoms. The van der Waals surface area contributed by atoms with E-state index in [2.05, 4.69) is 31.8 Å². The van der Waals surface area contributed by atoms with Crippen molar-refractivity contribution in [2.75, 3.05) is 44.3 Å². The largest absolute Gasteiger partial charge is 0.378 e. The summed E-state index contributed by atoms with van der Waals surface area (Å²) in [7, 11) is 0. The number of anilines is 1. The molecule has 0 aliphatic carbocycles. The van der Waals surface area contributed by atoms with E-state index >= 15 is 0 Å². The molecule has 3 heterocycles. The molecule has 5 rings (SSSR count). The van der Waals surface area contributed by atoms with Gasteiger partial charge in [-0.05, 0) is 24.0 Å². The van der Waals surface area contributed by atoms with Crippen LogP contribution in [0.1, 0.15) is 29.2 Å². The van der Waals surface area contributed by atoms with Crippen LogP contribution in [-0.2, 0) is 16.1 Å². The highest BCUT2D eigenvalue weighted by Gasteiger charge is 2.31. The number of likely N-dealkylation sites (tertiary alicyclic amines) is 1. The second-order valence-electron chi connectivity index (χ2n) is 8.39. The molecule has 172 valence electrons. The van der Waals surface area contributed by atoms with E-state index in [1.54, 1.807) is 0 Å².